The average Bonchev–Trinajstić information content (AvgIpc) is 2.92. The molecule has 0 unspecified atom stereocenters. The van der Waals surface area contributed by atoms with Crippen molar-refractivity contribution in [1.82, 2.24) is 19.5 Å². The Balaban J connectivity index is 1.52. The van der Waals surface area contributed by atoms with E-state index >= 15 is 0 Å². The molecule has 6 rings (SSSR count). The van der Waals surface area contributed by atoms with E-state index in [1.54, 1.807) is 36.7 Å². The first kappa shape index (κ1) is 23.8. The molecule has 8 heteroatoms. The Kier molecular flexibility index (Phi) is 5.52. The summed E-state index contributed by atoms with van der Waals surface area (Å²) in [5.41, 5.74) is 11.1. The van der Waals surface area contributed by atoms with Gasteiger partial charge < -0.3 is 10.8 Å². The first-order chi connectivity index (χ1) is 18.2. The van der Waals surface area contributed by atoms with Crippen LogP contribution in [0.1, 0.15) is 30.9 Å². The van der Waals surface area contributed by atoms with Crippen LogP contribution in [0.25, 0.3) is 33.7 Å². The SMILES string of the molecule is CC1(O)CC(N)(c2ccc(-c3nc4ccc(=N)n(C(=N)c5cccnc5)c4nc3-c3ccccc3)cc2)C1. The summed E-state index contributed by atoms with van der Waals surface area (Å²) >= 11 is 0. The summed E-state index contributed by atoms with van der Waals surface area (Å²) in [6.07, 6.45) is 4.28. The molecule has 0 bridgehead atoms. The van der Waals surface area contributed by atoms with Crippen molar-refractivity contribution in [3.63, 3.8) is 0 Å². The first-order valence-electron chi connectivity index (χ1n) is 12.4. The van der Waals surface area contributed by atoms with Crippen LogP contribution in [-0.2, 0) is 5.54 Å². The monoisotopic (exact) mass is 501 g/mol. The minimum atomic E-state index is -0.729. The largest absolute Gasteiger partial charge is 0.390 e. The molecule has 0 aliphatic heterocycles. The molecule has 1 aliphatic carbocycles. The second-order valence-corrected chi connectivity index (χ2v) is 10.2. The molecule has 1 fully saturated rings. The smallest absolute Gasteiger partial charge is 0.166 e. The minimum Gasteiger partial charge on any atom is -0.390 e. The molecule has 0 radical (unpaired) electrons. The van der Waals surface area contributed by atoms with Gasteiger partial charge in [0.25, 0.3) is 0 Å². The number of rotatable bonds is 4. The molecule has 0 atom stereocenters. The summed E-state index contributed by atoms with van der Waals surface area (Å²) in [5.74, 6) is 0.101. The summed E-state index contributed by atoms with van der Waals surface area (Å²) in [5, 5.41) is 27.6. The number of fused-ring (bicyclic) bond motifs is 1. The molecular weight excluding hydrogens is 474 g/mol. The molecule has 5 N–H and O–H groups in total. The van der Waals surface area contributed by atoms with Gasteiger partial charge in [-0.25, -0.2) is 9.97 Å². The Morgan fingerprint density at radius 3 is 2.24 bits per heavy atom. The van der Waals surface area contributed by atoms with E-state index in [9.17, 15) is 5.11 Å². The van der Waals surface area contributed by atoms with Gasteiger partial charge in [0, 0.05) is 34.6 Å². The van der Waals surface area contributed by atoms with Crippen molar-refractivity contribution in [3.8, 4) is 22.5 Å². The van der Waals surface area contributed by atoms with Crippen LogP contribution in [0.5, 0.6) is 0 Å². The maximum Gasteiger partial charge on any atom is 0.166 e. The summed E-state index contributed by atoms with van der Waals surface area (Å²) in [6.45, 7) is 1.81. The van der Waals surface area contributed by atoms with E-state index in [-0.39, 0.29) is 11.3 Å². The molecule has 188 valence electrons. The predicted octanol–water partition coefficient (Wildman–Crippen LogP) is 4.21. The van der Waals surface area contributed by atoms with E-state index in [4.69, 9.17) is 26.5 Å². The lowest BCUT2D eigenvalue weighted by molar-refractivity contribution is -0.0738. The van der Waals surface area contributed by atoms with Gasteiger partial charge in [-0.1, -0.05) is 54.6 Å². The van der Waals surface area contributed by atoms with E-state index in [2.05, 4.69) is 4.98 Å². The number of pyridine rings is 2. The third-order valence-corrected chi connectivity index (χ3v) is 7.09. The van der Waals surface area contributed by atoms with Crippen molar-refractivity contribution in [1.29, 1.82) is 10.8 Å². The van der Waals surface area contributed by atoms with Gasteiger partial charge in [0.1, 0.15) is 16.8 Å². The van der Waals surface area contributed by atoms with Crippen LogP contribution in [0.3, 0.4) is 0 Å². The van der Waals surface area contributed by atoms with Crippen LogP contribution in [0, 0.1) is 10.8 Å². The van der Waals surface area contributed by atoms with Crippen molar-refractivity contribution < 1.29 is 5.11 Å². The summed E-state index contributed by atoms with van der Waals surface area (Å²) < 4.78 is 1.49. The Morgan fingerprint density at radius 2 is 1.58 bits per heavy atom. The van der Waals surface area contributed by atoms with Crippen LogP contribution in [0.4, 0.5) is 0 Å². The highest BCUT2D eigenvalue weighted by atomic mass is 16.3. The third-order valence-electron chi connectivity index (χ3n) is 7.09. The van der Waals surface area contributed by atoms with Crippen LogP contribution in [0.2, 0.25) is 0 Å². The topological polar surface area (TPSA) is 138 Å². The zero-order valence-electron chi connectivity index (χ0n) is 20.9. The third kappa shape index (κ3) is 4.09. The lowest BCUT2D eigenvalue weighted by Crippen LogP contribution is -2.58. The number of nitrogens with zero attached hydrogens (tertiary/aromatic N) is 4. The summed E-state index contributed by atoms with van der Waals surface area (Å²) in [7, 11) is 0. The van der Waals surface area contributed by atoms with Crippen molar-refractivity contribution >= 4 is 17.0 Å². The fourth-order valence-electron chi connectivity index (χ4n) is 5.39. The zero-order chi connectivity index (χ0) is 26.5. The lowest BCUT2D eigenvalue weighted by atomic mass is 9.63. The predicted molar refractivity (Wildman–Crippen MR) is 146 cm³/mol. The van der Waals surface area contributed by atoms with Crippen LogP contribution < -0.4 is 11.2 Å². The molecule has 2 aromatic carbocycles. The Bertz CT molecular complexity index is 1720. The number of nitrogens with two attached hydrogens (primary N) is 1. The molecule has 5 aromatic rings. The molecule has 3 aromatic heterocycles. The fraction of sp³-hybridized carbons (Fsp3) is 0.167. The molecule has 8 nitrogen and oxygen atoms in total. The maximum atomic E-state index is 10.2. The van der Waals surface area contributed by atoms with E-state index < -0.39 is 11.1 Å². The number of aliphatic hydroxyl groups is 1. The molecule has 0 amide bonds. The molecule has 1 saturated carbocycles. The van der Waals surface area contributed by atoms with Gasteiger partial charge in [-0.15, -0.1) is 0 Å². The second-order valence-electron chi connectivity index (χ2n) is 10.2. The van der Waals surface area contributed by atoms with Gasteiger partial charge in [0.15, 0.2) is 5.65 Å². The Hall–Kier alpha value is -4.53. The lowest BCUT2D eigenvalue weighted by Gasteiger charge is -2.49. The number of hydrogen-bond acceptors (Lipinski definition) is 7. The highest BCUT2D eigenvalue weighted by Gasteiger charge is 2.49. The number of hydrogen-bond donors (Lipinski definition) is 4. The highest BCUT2D eigenvalue weighted by Crippen LogP contribution is 2.46. The first-order valence-corrected chi connectivity index (χ1v) is 12.4. The Morgan fingerprint density at radius 1 is 0.895 bits per heavy atom. The molecular formula is C30H27N7O. The van der Waals surface area contributed by atoms with Crippen LogP contribution >= 0.6 is 0 Å². The average molecular weight is 502 g/mol. The van der Waals surface area contributed by atoms with Gasteiger partial charge in [-0.05, 0) is 49.6 Å². The molecule has 0 spiro atoms. The van der Waals surface area contributed by atoms with Crippen LogP contribution in [0.15, 0.2) is 91.3 Å². The molecule has 1 aliphatic rings. The fourth-order valence-corrected chi connectivity index (χ4v) is 5.39. The molecule has 0 saturated heterocycles. The van der Waals surface area contributed by atoms with E-state index in [0.29, 0.717) is 41.0 Å². The molecule has 3 heterocycles. The van der Waals surface area contributed by atoms with Crippen molar-refractivity contribution in [2.75, 3.05) is 0 Å². The second kappa shape index (κ2) is 8.79. The summed E-state index contributed by atoms with van der Waals surface area (Å²) in [4.78, 5) is 14.1. The Labute approximate surface area is 219 Å². The standard InChI is InChI=1S/C30H27N7O/c1-29(38)17-30(33,18-29)22-11-9-20(10-12-22)25-26(19-6-3-2-4-7-19)36-28-23(35-25)13-14-24(31)37(28)27(32)21-8-5-15-34-16-21/h2-16,31-32,38H,17-18,33H2,1H3. The normalized spacial score (nSPS) is 20.7. The minimum absolute atomic E-state index is 0.101. The van der Waals surface area contributed by atoms with Crippen molar-refractivity contribution in [2.45, 2.75) is 30.9 Å². The summed E-state index contributed by atoms with van der Waals surface area (Å²) in [6, 6.07) is 24.7. The van der Waals surface area contributed by atoms with E-state index in [1.807, 2.05) is 61.5 Å². The zero-order valence-corrected chi connectivity index (χ0v) is 20.9. The number of nitrogens with one attached hydrogen (secondary N) is 2. The maximum absolute atomic E-state index is 10.2. The van der Waals surface area contributed by atoms with Gasteiger partial charge in [-0.3, -0.25) is 20.4 Å². The van der Waals surface area contributed by atoms with Gasteiger partial charge >= 0.3 is 0 Å². The van der Waals surface area contributed by atoms with E-state index in [1.165, 1.54) is 4.57 Å². The highest BCUT2D eigenvalue weighted by molar-refractivity contribution is 6.02. The molecule has 38 heavy (non-hydrogen) atoms. The number of aromatic nitrogens is 4. The van der Waals surface area contributed by atoms with Crippen molar-refractivity contribution in [2.24, 2.45) is 5.73 Å². The van der Waals surface area contributed by atoms with Crippen molar-refractivity contribution in [3.05, 3.63) is 108 Å². The quantitative estimate of drug-likeness (QED) is 0.216. The van der Waals surface area contributed by atoms with Crippen LogP contribution in [-0.4, -0.2) is 36.1 Å². The van der Waals surface area contributed by atoms with Gasteiger partial charge in [0.2, 0.25) is 0 Å². The van der Waals surface area contributed by atoms with Gasteiger partial charge in [0.05, 0.1) is 17.0 Å². The number of benzene rings is 2. The van der Waals surface area contributed by atoms with E-state index in [0.717, 1.165) is 16.7 Å². The van der Waals surface area contributed by atoms with Gasteiger partial charge in [-0.2, -0.15) is 0 Å².